The number of aromatic nitrogens is 3. The molecule has 4 N–H and O–H groups in total. The number of carbonyl (C=O) groups excluding carboxylic acids is 2. The van der Waals surface area contributed by atoms with Crippen molar-refractivity contribution < 1.29 is 14.0 Å². The van der Waals surface area contributed by atoms with Crippen LogP contribution in [0.15, 0.2) is 60.9 Å². The highest BCUT2D eigenvalue weighted by Crippen LogP contribution is 2.44. The molecule has 2 atom stereocenters. The van der Waals surface area contributed by atoms with Crippen molar-refractivity contribution in [3.05, 3.63) is 106 Å². The molecule has 1 aliphatic heterocycles. The number of aryl methyl sites for hydroxylation is 2. The van der Waals surface area contributed by atoms with E-state index in [1.54, 1.807) is 18.3 Å². The normalized spacial score (nSPS) is 16.6. The summed E-state index contributed by atoms with van der Waals surface area (Å²) in [5.74, 6) is 0.0746. The number of pyridine rings is 3. The number of benzene rings is 1. The summed E-state index contributed by atoms with van der Waals surface area (Å²) in [7, 11) is 0. The number of primary amides is 1. The van der Waals surface area contributed by atoms with Crippen molar-refractivity contribution in [1.29, 1.82) is 0 Å². The largest absolute Gasteiger partial charge is 0.366 e. The van der Waals surface area contributed by atoms with Crippen molar-refractivity contribution in [2.24, 2.45) is 11.7 Å². The smallest absolute Gasteiger partial charge is 0.254 e. The molecule has 0 spiro atoms. The Balaban J connectivity index is 0.000000390. The van der Waals surface area contributed by atoms with E-state index in [2.05, 4.69) is 40.5 Å². The van der Waals surface area contributed by atoms with Crippen LogP contribution in [0.3, 0.4) is 0 Å². The van der Waals surface area contributed by atoms with Gasteiger partial charge in [-0.2, -0.15) is 0 Å². The van der Waals surface area contributed by atoms with Gasteiger partial charge in [-0.1, -0.05) is 37.6 Å². The number of halogens is 1. The molecule has 1 aliphatic carbocycles. The van der Waals surface area contributed by atoms with Crippen LogP contribution in [-0.4, -0.2) is 26.8 Å². The third-order valence-electron chi connectivity index (χ3n) is 8.11. The minimum absolute atomic E-state index is 0.128. The molecule has 2 amide bonds. The minimum atomic E-state index is -0.572. The molecule has 2 aliphatic rings. The average molecular weight is 623 g/mol. The zero-order valence-electron chi connectivity index (χ0n) is 25.6. The van der Waals surface area contributed by atoms with Crippen LogP contribution in [0.4, 0.5) is 10.2 Å². The van der Waals surface area contributed by atoms with Crippen LogP contribution in [0, 0.1) is 18.7 Å². The van der Waals surface area contributed by atoms with E-state index >= 15 is 0 Å². The van der Waals surface area contributed by atoms with Crippen molar-refractivity contribution in [1.82, 2.24) is 20.3 Å². The fourth-order valence-corrected chi connectivity index (χ4v) is 7.20. The summed E-state index contributed by atoms with van der Waals surface area (Å²) in [5.41, 5.74) is 12.0. The van der Waals surface area contributed by atoms with Crippen LogP contribution >= 0.6 is 11.3 Å². The van der Waals surface area contributed by atoms with Crippen molar-refractivity contribution >= 4 is 39.1 Å². The highest BCUT2D eigenvalue weighted by molar-refractivity contribution is 7.22. The van der Waals surface area contributed by atoms with Gasteiger partial charge in [0, 0.05) is 28.5 Å². The van der Waals surface area contributed by atoms with E-state index in [1.165, 1.54) is 29.0 Å². The van der Waals surface area contributed by atoms with E-state index in [9.17, 15) is 14.0 Å². The van der Waals surface area contributed by atoms with Crippen molar-refractivity contribution in [3.63, 3.8) is 0 Å². The molecule has 5 aromatic rings. The highest BCUT2D eigenvalue weighted by Gasteiger charge is 2.36. The number of hydrogen-bond donors (Lipinski definition) is 3. The molecule has 45 heavy (non-hydrogen) atoms. The van der Waals surface area contributed by atoms with Crippen molar-refractivity contribution in [3.8, 4) is 10.4 Å². The molecule has 1 aromatic carbocycles. The van der Waals surface area contributed by atoms with E-state index in [0.29, 0.717) is 34.5 Å². The van der Waals surface area contributed by atoms with Gasteiger partial charge in [0.05, 0.1) is 39.3 Å². The monoisotopic (exact) mass is 622 g/mol. The van der Waals surface area contributed by atoms with Gasteiger partial charge >= 0.3 is 0 Å². The fraction of sp³-hybridized carbons (Fsp3) is 0.286. The first kappa shape index (κ1) is 30.3. The number of nitrogens with two attached hydrogens (primary N) is 1. The molecular formula is C35H35FN6O2S. The standard InChI is InChI=1S/C28H28N6O2S.C7H7F/c1-13(2)11-19-21(26(29)35)22(23-24(33-19)14(3)32-28(23)36)20-12-15-8-10-31-27(25(15)37-20)34-18-7-6-17-16(18)5-4-9-30-17;1-6-2-4-7(8)5-3-6/h4-5,8-10,12-14,18H,6-7,11H2,1-3H3,(H2,29,35)(H,31,34)(H,32,36);2-5H,1H3. The molecular weight excluding hydrogens is 587 g/mol. The van der Waals surface area contributed by atoms with Crippen molar-refractivity contribution in [2.45, 2.75) is 59.0 Å². The van der Waals surface area contributed by atoms with Gasteiger partial charge in [0.1, 0.15) is 11.6 Å². The molecule has 7 rings (SSSR count). The van der Waals surface area contributed by atoms with E-state index in [1.807, 2.05) is 38.2 Å². The van der Waals surface area contributed by atoms with Gasteiger partial charge in [-0.3, -0.25) is 19.6 Å². The molecule has 0 radical (unpaired) electrons. The Bertz CT molecular complexity index is 1900. The molecule has 230 valence electrons. The number of anilines is 1. The Kier molecular flexibility index (Phi) is 8.33. The Labute approximate surface area is 265 Å². The molecule has 5 heterocycles. The van der Waals surface area contributed by atoms with Crippen LogP contribution in [0.5, 0.6) is 0 Å². The van der Waals surface area contributed by atoms with Crippen LogP contribution in [0.25, 0.3) is 20.5 Å². The number of hydrogen-bond acceptors (Lipinski definition) is 7. The quantitative estimate of drug-likeness (QED) is 0.186. The summed E-state index contributed by atoms with van der Waals surface area (Å²) >= 11 is 1.51. The second kappa shape index (κ2) is 12.4. The SMILES string of the molecule is CC(C)Cc1nc2c(c(-c3cc4ccnc(NC5CCc6ncccc65)c4s3)c1C(N)=O)C(=O)NC2C.Cc1ccc(F)cc1. The van der Waals surface area contributed by atoms with Gasteiger partial charge in [-0.15, -0.1) is 11.3 Å². The topological polar surface area (TPSA) is 123 Å². The molecule has 4 aromatic heterocycles. The zero-order valence-corrected chi connectivity index (χ0v) is 26.5. The number of fused-ring (bicyclic) bond motifs is 3. The molecule has 0 saturated heterocycles. The second-order valence-electron chi connectivity index (χ2n) is 12.0. The van der Waals surface area contributed by atoms with Gasteiger partial charge in [-0.05, 0) is 80.3 Å². The number of amides is 2. The first-order valence-corrected chi connectivity index (χ1v) is 15.9. The molecule has 8 nitrogen and oxygen atoms in total. The van der Waals surface area contributed by atoms with E-state index < -0.39 is 5.91 Å². The zero-order chi connectivity index (χ0) is 31.8. The van der Waals surface area contributed by atoms with E-state index in [0.717, 1.165) is 44.9 Å². The minimum Gasteiger partial charge on any atom is -0.366 e. The highest BCUT2D eigenvalue weighted by atomic mass is 32.1. The molecule has 10 heteroatoms. The summed E-state index contributed by atoms with van der Waals surface area (Å²) in [6, 6.07) is 14.3. The lowest BCUT2D eigenvalue weighted by Gasteiger charge is -2.16. The average Bonchev–Trinajstić information content (AvgIpc) is 3.70. The Morgan fingerprint density at radius 2 is 1.91 bits per heavy atom. The molecule has 0 fully saturated rings. The van der Waals surface area contributed by atoms with Crippen molar-refractivity contribution in [2.75, 3.05) is 5.32 Å². The van der Waals surface area contributed by atoms with E-state index in [-0.39, 0.29) is 29.7 Å². The van der Waals surface area contributed by atoms with Crippen LogP contribution in [-0.2, 0) is 12.8 Å². The van der Waals surface area contributed by atoms with Gasteiger partial charge < -0.3 is 16.4 Å². The molecule has 0 saturated carbocycles. The van der Waals surface area contributed by atoms with Gasteiger partial charge in [0.2, 0.25) is 0 Å². The van der Waals surface area contributed by atoms with Gasteiger partial charge in [0.25, 0.3) is 11.8 Å². The van der Waals surface area contributed by atoms with Gasteiger partial charge in [-0.25, -0.2) is 9.37 Å². The Morgan fingerprint density at radius 1 is 1.13 bits per heavy atom. The summed E-state index contributed by atoms with van der Waals surface area (Å²) in [6.45, 7) is 7.99. The summed E-state index contributed by atoms with van der Waals surface area (Å²) in [4.78, 5) is 40.7. The first-order chi connectivity index (χ1) is 21.6. The summed E-state index contributed by atoms with van der Waals surface area (Å²) in [5, 5.41) is 7.57. The predicted molar refractivity (Wildman–Crippen MR) is 176 cm³/mol. The third-order valence-corrected chi connectivity index (χ3v) is 9.28. The fourth-order valence-electron chi connectivity index (χ4n) is 6.03. The lowest BCUT2D eigenvalue weighted by molar-refractivity contribution is 0.0959. The maximum absolute atomic E-state index is 13.1. The first-order valence-electron chi connectivity index (χ1n) is 15.1. The van der Waals surface area contributed by atoms with Gasteiger partial charge in [0.15, 0.2) is 0 Å². The van der Waals surface area contributed by atoms with Crippen LogP contribution in [0.2, 0.25) is 0 Å². The second-order valence-corrected chi connectivity index (χ2v) is 13.0. The maximum atomic E-state index is 13.1. The van der Waals surface area contributed by atoms with Crippen LogP contribution in [0.1, 0.15) is 88.2 Å². The Morgan fingerprint density at radius 3 is 2.62 bits per heavy atom. The molecule has 0 bridgehead atoms. The maximum Gasteiger partial charge on any atom is 0.254 e. The summed E-state index contributed by atoms with van der Waals surface area (Å²) < 4.78 is 13.1. The number of nitrogens with zero attached hydrogens (tertiary/aromatic N) is 3. The number of nitrogens with one attached hydrogen (secondary N) is 2. The number of rotatable bonds is 6. The molecule has 2 unspecified atom stereocenters. The van der Waals surface area contributed by atoms with E-state index in [4.69, 9.17) is 10.7 Å². The lowest BCUT2D eigenvalue weighted by atomic mass is 9.92. The Hall–Kier alpha value is -4.70. The number of thiophene rings is 1. The summed E-state index contributed by atoms with van der Waals surface area (Å²) in [6.07, 6.45) is 6.08. The van der Waals surface area contributed by atoms with Crippen LogP contribution < -0.4 is 16.4 Å². The third kappa shape index (κ3) is 6.02. The number of carbonyl (C=O) groups is 2. The predicted octanol–water partition coefficient (Wildman–Crippen LogP) is 7.09. The lowest BCUT2D eigenvalue weighted by Crippen LogP contribution is -2.20.